The van der Waals surface area contributed by atoms with Gasteiger partial charge >= 0.3 is 0 Å². The van der Waals surface area contributed by atoms with Gasteiger partial charge in [0.2, 0.25) is 5.91 Å². The molecular weight excluding hydrogens is 356 g/mol. The van der Waals surface area contributed by atoms with Crippen LogP contribution < -0.4 is 0 Å². The summed E-state index contributed by atoms with van der Waals surface area (Å²) < 4.78 is 1.20. The zero-order valence-electron chi connectivity index (χ0n) is 15.1. The van der Waals surface area contributed by atoms with Gasteiger partial charge in [0, 0.05) is 37.4 Å². The molecule has 27 heavy (non-hydrogen) atoms. The molecule has 0 aliphatic carbocycles. The van der Waals surface area contributed by atoms with E-state index in [4.69, 9.17) is 4.98 Å². The van der Waals surface area contributed by atoms with Crippen molar-refractivity contribution in [1.29, 1.82) is 0 Å². The lowest BCUT2D eigenvalue weighted by Crippen LogP contribution is -2.39. The quantitative estimate of drug-likeness (QED) is 0.607. The summed E-state index contributed by atoms with van der Waals surface area (Å²) in [7, 11) is 0. The van der Waals surface area contributed by atoms with E-state index in [9.17, 15) is 9.59 Å². The number of thiazole rings is 1. The highest BCUT2D eigenvalue weighted by molar-refractivity contribution is 7.18. The second-order valence-electron chi connectivity index (χ2n) is 6.99. The van der Waals surface area contributed by atoms with Crippen LogP contribution in [-0.4, -0.2) is 34.7 Å². The van der Waals surface area contributed by atoms with Crippen molar-refractivity contribution < 1.29 is 9.59 Å². The van der Waals surface area contributed by atoms with Crippen LogP contribution in [0.25, 0.3) is 10.2 Å². The number of fused-ring (bicyclic) bond motifs is 1. The molecule has 0 spiro atoms. The number of likely N-dealkylation sites (tertiary alicyclic amines) is 1. The highest BCUT2D eigenvalue weighted by Gasteiger charge is 2.27. The summed E-state index contributed by atoms with van der Waals surface area (Å²) in [6.07, 6.45) is 2.59. The molecule has 0 unspecified atom stereocenters. The second kappa shape index (κ2) is 8.01. The number of benzene rings is 2. The number of aromatic nitrogens is 1. The molecule has 4 nitrogen and oxygen atoms in total. The summed E-state index contributed by atoms with van der Waals surface area (Å²) in [5, 5.41) is 1.12. The molecule has 1 aliphatic rings. The molecule has 1 aromatic heterocycles. The Morgan fingerprint density at radius 3 is 2.63 bits per heavy atom. The van der Waals surface area contributed by atoms with Gasteiger partial charge in [-0.25, -0.2) is 4.98 Å². The monoisotopic (exact) mass is 378 g/mol. The van der Waals surface area contributed by atoms with Crippen molar-refractivity contribution in [2.75, 3.05) is 13.1 Å². The molecule has 4 rings (SSSR count). The van der Waals surface area contributed by atoms with Crippen molar-refractivity contribution in [2.24, 2.45) is 0 Å². The number of hydrogen-bond acceptors (Lipinski definition) is 4. The van der Waals surface area contributed by atoms with Crippen LogP contribution in [-0.2, 0) is 4.79 Å². The zero-order valence-corrected chi connectivity index (χ0v) is 16.0. The number of amides is 1. The smallest absolute Gasteiger partial charge is 0.223 e. The van der Waals surface area contributed by atoms with E-state index in [0.717, 1.165) is 29.9 Å². The number of nitrogens with zero attached hydrogens (tertiary/aromatic N) is 2. The topological polar surface area (TPSA) is 50.3 Å². The van der Waals surface area contributed by atoms with Crippen LogP contribution in [0, 0.1) is 0 Å². The van der Waals surface area contributed by atoms with Crippen LogP contribution in [0.5, 0.6) is 0 Å². The Morgan fingerprint density at radius 1 is 1.04 bits per heavy atom. The van der Waals surface area contributed by atoms with Crippen LogP contribution >= 0.6 is 11.3 Å². The SMILES string of the molecule is O=C(CCC(=O)N1CCC[C@H](c2nc3ccccc3s2)C1)c1ccccc1. The van der Waals surface area contributed by atoms with Gasteiger partial charge in [-0.15, -0.1) is 11.3 Å². The Morgan fingerprint density at radius 2 is 1.81 bits per heavy atom. The van der Waals surface area contributed by atoms with Gasteiger partial charge in [-0.3, -0.25) is 9.59 Å². The molecule has 2 aromatic carbocycles. The van der Waals surface area contributed by atoms with Crippen molar-refractivity contribution in [3.8, 4) is 0 Å². The molecule has 0 N–H and O–H groups in total. The van der Waals surface area contributed by atoms with E-state index >= 15 is 0 Å². The lowest BCUT2D eigenvalue weighted by molar-refractivity contribution is -0.132. The maximum Gasteiger partial charge on any atom is 0.223 e. The normalized spacial score (nSPS) is 17.2. The summed E-state index contributed by atoms with van der Waals surface area (Å²) in [6, 6.07) is 17.4. The average molecular weight is 378 g/mol. The summed E-state index contributed by atoms with van der Waals surface area (Å²) in [6.45, 7) is 1.48. The van der Waals surface area contributed by atoms with Gasteiger partial charge in [-0.2, -0.15) is 0 Å². The largest absolute Gasteiger partial charge is 0.342 e. The number of Topliss-reactive ketones (excluding diaryl/α,β-unsaturated/α-hetero) is 1. The summed E-state index contributed by atoms with van der Waals surface area (Å²) in [4.78, 5) is 31.6. The zero-order chi connectivity index (χ0) is 18.6. The summed E-state index contributed by atoms with van der Waals surface area (Å²) in [5.41, 5.74) is 1.71. The number of carbonyl (C=O) groups excluding carboxylic acids is 2. The van der Waals surface area contributed by atoms with Crippen molar-refractivity contribution in [2.45, 2.75) is 31.6 Å². The van der Waals surface area contributed by atoms with Crippen molar-refractivity contribution >= 4 is 33.2 Å². The Labute approximate surface area is 162 Å². The minimum absolute atomic E-state index is 0.0312. The van der Waals surface area contributed by atoms with E-state index in [1.165, 1.54) is 4.70 Å². The Hall–Kier alpha value is -2.53. The van der Waals surface area contributed by atoms with Crippen LogP contribution in [0.2, 0.25) is 0 Å². The number of rotatable bonds is 5. The fraction of sp³-hybridized carbons (Fsp3) is 0.318. The molecule has 0 bridgehead atoms. The highest BCUT2D eigenvalue weighted by Crippen LogP contribution is 2.33. The van der Waals surface area contributed by atoms with E-state index in [2.05, 4.69) is 6.07 Å². The molecule has 2 heterocycles. The minimum atomic E-state index is 0.0312. The molecule has 0 radical (unpaired) electrons. The first-order valence-electron chi connectivity index (χ1n) is 9.42. The first kappa shape index (κ1) is 17.9. The standard InChI is InChI=1S/C22H22N2O2S/c25-19(16-7-2-1-3-8-16)12-13-21(26)24-14-6-9-17(15-24)22-23-18-10-4-5-11-20(18)27-22/h1-5,7-8,10-11,17H,6,9,12-15H2/t17-/m0/s1. The number of carbonyl (C=O) groups is 2. The molecule has 1 amide bonds. The number of piperidine rings is 1. The van der Waals surface area contributed by atoms with Gasteiger partial charge in [-0.1, -0.05) is 42.5 Å². The lowest BCUT2D eigenvalue weighted by Gasteiger charge is -2.31. The summed E-state index contributed by atoms with van der Waals surface area (Å²) >= 11 is 1.73. The number of hydrogen-bond donors (Lipinski definition) is 0. The molecule has 1 saturated heterocycles. The molecule has 138 valence electrons. The van der Waals surface area contributed by atoms with Crippen LogP contribution in [0.4, 0.5) is 0 Å². The van der Waals surface area contributed by atoms with Crippen LogP contribution in [0.3, 0.4) is 0 Å². The predicted octanol–water partition coefficient (Wildman–Crippen LogP) is 4.67. The van der Waals surface area contributed by atoms with E-state index in [0.29, 0.717) is 18.0 Å². The van der Waals surface area contributed by atoms with Crippen molar-refractivity contribution in [3.05, 3.63) is 65.2 Å². The summed E-state index contributed by atoms with van der Waals surface area (Å²) in [5.74, 6) is 0.402. The maximum absolute atomic E-state index is 12.6. The van der Waals surface area contributed by atoms with E-state index in [-0.39, 0.29) is 24.5 Å². The van der Waals surface area contributed by atoms with E-state index in [1.54, 1.807) is 23.5 Å². The predicted molar refractivity (Wildman–Crippen MR) is 108 cm³/mol. The number of ketones is 1. The first-order valence-corrected chi connectivity index (χ1v) is 10.2. The van der Waals surface area contributed by atoms with Crippen LogP contribution in [0.1, 0.15) is 47.0 Å². The molecule has 1 aliphatic heterocycles. The van der Waals surface area contributed by atoms with E-state index < -0.39 is 0 Å². The molecular formula is C22H22N2O2S. The maximum atomic E-state index is 12.6. The fourth-order valence-corrected chi connectivity index (χ4v) is 4.71. The first-order chi connectivity index (χ1) is 13.2. The molecule has 0 saturated carbocycles. The van der Waals surface area contributed by atoms with Gasteiger partial charge in [0.05, 0.1) is 15.2 Å². The third kappa shape index (κ3) is 4.08. The van der Waals surface area contributed by atoms with Gasteiger partial charge < -0.3 is 4.90 Å². The number of para-hydroxylation sites is 1. The van der Waals surface area contributed by atoms with Crippen LogP contribution in [0.15, 0.2) is 54.6 Å². The highest BCUT2D eigenvalue weighted by atomic mass is 32.1. The molecule has 3 aromatic rings. The van der Waals surface area contributed by atoms with E-state index in [1.807, 2.05) is 41.3 Å². The van der Waals surface area contributed by atoms with Gasteiger partial charge in [0.15, 0.2) is 5.78 Å². The van der Waals surface area contributed by atoms with Gasteiger partial charge in [0.25, 0.3) is 0 Å². The van der Waals surface area contributed by atoms with Gasteiger partial charge in [0.1, 0.15) is 0 Å². The van der Waals surface area contributed by atoms with Crippen molar-refractivity contribution in [1.82, 2.24) is 9.88 Å². The molecule has 1 atom stereocenters. The van der Waals surface area contributed by atoms with Gasteiger partial charge in [-0.05, 0) is 25.0 Å². The second-order valence-corrected chi connectivity index (χ2v) is 8.05. The average Bonchev–Trinajstić information content (AvgIpc) is 3.17. The third-order valence-corrected chi connectivity index (χ3v) is 6.29. The lowest BCUT2D eigenvalue weighted by atomic mass is 9.98. The Kier molecular flexibility index (Phi) is 5.30. The van der Waals surface area contributed by atoms with Crippen molar-refractivity contribution in [3.63, 3.8) is 0 Å². The fourth-order valence-electron chi connectivity index (χ4n) is 3.62. The Bertz CT molecular complexity index is 918. The third-order valence-electron chi connectivity index (χ3n) is 5.10. The molecule has 1 fully saturated rings. The molecule has 5 heteroatoms. The minimum Gasteiger partial charge on any atom is -0.342 e. The Balaban J connectivity index is 1.37.